The lowest BCUT2D eigenvalue weighted by Crippen LogP contribution is -2.20. The topological polar surface area (TPSA) is 38.3 Å². The van der Waals surface area contributed by atoms with Crippen molar-refractivity contribution in [2.45, 2.75) is 19.2 Å². The number of anilines is 1. The van der Waals surface area contributed by atoms with Crippen molar-refractivity contribution in [1.82, 2.24) is 0 Å². The van der Waals surface area contributed by atoms with E-state index in [4.69, 9.17) is 0 Å². The van der Waals surface area contributed by atoms with Gasteiger partial charge in [0.05, 0.1) is 0 Å². The van der Waals surface area contributed by atoms with E-state index in [1.165, 1.54) is 18.2 Å². The summed E-state index contributed by atoms with van der Waals surface area (Å²) in [7, 11) is 0. The number of amides is 1. The number of ether oxygens (including phenoxy) is 1. The molecule has 0 atom stereocenters. The van der Waals surface area contributed by atoms with Crippen LogP contribution in [-0.4, -0.2) is 12.3 Å². The minimum atomic E-state index is -4.72. The van der Waals surface area contributed by atoms with Crippen LogP contribution in [0.15, 0.2) is 18.2 Å². The Hall–Kier alpha value is -1.72. The van der Waals surface area contributed by atoms with Crippen LogP contribution in [0.1, 0.15) is 12.0 Å². The van der Waals surface area contributed by atoms with Crippen LogP contribution in [-0.2, 0) is 11.2 Å². The molecule has 0 saturated carbocycles. The fourth-order valence-corrected chi connectivity index (χ4v) is 1.55. The summed E-state index contributed by atoms with van der Waals surface area (Å²) < 4.78 is 39.6. The number of hydrogen-bond donors (Lipinski definition) is 1. The number of benzene rings is 1. The van der Waals surface area contributed by atoms with E-state index < -0.39 is 6.36 Å². The molecule has 6 heteroatoms. The second-order valence-electron chi connectivity index (χ2n) is 3.41. The smallest absolute Gasteiger partial charge is 0.406 e. The monoisotopic (exact) mass is 231 g/mol. The molecule has 3 nitrogen and oxygen atoms in total. The fourth-order valence-electron chi connectivity index (χ4n) is 1.55. The molecule has 2 rings (SSSR count). The molecule has 1 amide bonds. The number of hydrogen-bond acceptors (Lipinski definition) is 2. The Morgan fingerprint density at radius 3 is 2.69 bits per heavy atom. The van der Waals surface area contributed by atoms with Crippen molar-refractivity contribution in [1.29, 1.82) is 0 Å². The highest BCUT2D eigenvalue weighted by Crippen LogP contribution is 2.30. The van der Waals surface area contributed by atoms with Crippen molar-refractivity contribution in [2.75, 3.05) is 5.32 Å². The van der Waals surface area contributed by atoms with Crippen molar-refractivity contribution in [3.05, 3.63) is 23.8 Å². The van der Waals surface area contributed by atoms with Gasteiger partial charge < -0.3 is 10.1 Å². The van der Waals surface area contributed by atoms with E-state index in [-0.39, 0.29) is 11.7 Å². The molecule has 0 saturated heterocycles. The molecule has 0 fully saturated rings. The Morgan fingerprint density at radius 1 is 1.25 bits per heavy atom. The first-order chi connectivity index (χ1) is 7.44. The van der Waals surface area contributed by atoms with Crippen LogP contribution in [0.5, 0.6) is 5.75 Å². The van der Waals surface area contributed by atoms with Crippen molar-refractivity contribution in [3.63, 3.8) is 0 Å². The lowest BCUT2D eigenvalue weighted by Gasteiger charge is -2.18. The van der Waals surface area contributed by atoms with E-state index in [1.54, 1.807) is 0 Å². The molecular formula is C10H8F3NO2. The molecule has 1 aromatic rings. The SMILES string of the molecule is O=C1CCc2ccc(OC(F)(F)F)cc2N1. The summed E-state index contributed by atoms with van der Waals surface area (Å²) >= 11 is 0. The van der Waals surface area contributed by atoms with Gasteiger partial charge in [-0.25, -0.2) is 0 Å². The average molecular weight is 231 g/mol. The predicted octanol–water partition coefficient (Wildman–Crippen LogP) is 2.47. The van der Waals surface area contributed by atoms with Gasteiger partial charge in [-0.15, -0.1) is 13.2 Å². The molecule has 0 spiro atoms. The minimum absolute atomic E-state index is 0.198. The summed E-state index contributed by atoms with van der Waals surface area (Å²) in [5.41, 5.74) is 1.20. The molecule has 1 aliphatic rings. The lowest BCUT2D eigenvalue weighted by atomic mass is 10.0. The normalized spacial score (nSPS) is 15.3. The Balaban J connectivity index is 2.24. The van der Waals surface area contributed by atoms with Gasteiger partial charge in [0.25, 0.3) is 0 Å². The molecule has 1 aliphatic heterocycles. The summed E-state index contributed by atoms with van der Waals surface area (Å²) in [6.07, 6.45) is -3.83. The van der Waals surface area contributed by atoms with Crippen LogP contribution in [0, 0.1) is 0 Å². The largest absolute Gasteiger partial charge is 0.573 e. The molecule has 0 aromatic heterocycles. The summed E-state index contributed by atoms with van der Waals surface area (Å²) in [4.78, 5) is 11.0. The lowest BCUT2D eigenvalue weighted by molar-refractivity contribution is -0.274. The number of halogens is 3. The maximum Gasteiger partial charge on any atom is 0.573 e. The third kappa shape index (κ3) is 2.44. The Morgan fingerprint density at radius 2 is 2.00 bits per heavy atom. The average Bonchev–Trinajstić information content (AvgIpc) is 2.14. The number of aryl methyl sites for hydroxylation is 1. The third-order valence-electron chi connectivity index (χ3n) is 2.21. The number of carbonyl (C=O) groups is 1. The summed E-state index contributed by atoms with van der Waals surface area (Å²) in [6, 6.07) is 3.94. The fraction of sp³-hybridized carbons (Fsp3) is 0.300. The number of fused-ring (bicyclic) bond motifs is 1. The molecule has 1 aromatic carbocycles. The van der Waals surface area contributed by atoms with E-state index >= 15 is 0 Å². The zero-order valence-electron chi connectivity index (χ0n) is 8.10. The van der Waals surface area contributed by atoms with Crippen molar-refractivity contribution in [3.8, 4) is 5.75 Å². The van der Waals surface area contributed by atoms with Crippen LogP contribution < -0.4 is 10.1 Å². The van der Waals surface area contributed by atoms with Gasteiger partial charge in [-0.2, -0.15) is 0 Å². The number of alkyl halides is 3. The molecule has 0 unspecified atom stereocenters. The van der Waals surface area contributed by atoms with E-state index in [0.29, 0.717) is 18.5 Å². The minimum Gasteiger partial charge on any atom is -0.406 e. The van der Waals surface area contributed by atoms with Gasteiger partial charge in [-0.3, -0.25) is 4.79 Å². The van der Waals surface area contributed by atoms with E-state index in [2.05, 4.69) is 10.1 Å². The van der Waals surface area contributed by atoms with Gasteiger partial charge in [0, 0.05) is 18.2 Å². The van der Waals surface area contributed by atoms with Crippen LogP contribution in [0.2, 0.25) is 0 Å². The van der Waals surface area contributed by atoms with Gasteiger partial charge >= 0.3 is 6.36 Å². The van der Waals surface area contributed by atoms with E-state index in [0.717, 1.165) is 5.56 Å². The molecule has 0 aliphatic carbocycles. The Bertz CT molecular complexity index is 429. The molecule has 16 heavy (non-hydrogen) atoms. The van der Waals surface area contributed by atoms with Crippen LogP contribution in [0.4, 0.5) is 18.9 Å². The predicted molar refractivity (Wildman–Crippen MR) is 50.1 cm³/mol. The number of carbonyl (C=O) groups excluding carboxylic acids is 1. The molecule has 0 radical (unpaired) electrons. The molecule has 0 bridgehead atoms. The highest BCUT2D eigenvalue weighted by atomic mass is 19.4. The Labute approximate surface area is 89.2 Å². The quantitative estimate of drug-likeness (QED) is 0.806. The highest BCUT2D eigenvalue weighted by molar-refractivity contribution is 5.94. The maximum absolute atomic E-state index is 11.9. The van der Waals surface area contributed by atoms with Crippen molar-refractivity contribution in [2.24, 2.45) is 0 Å². The number of nitrogens with one attached hydrogen (secondary N) is 1. The van der Waals surface area contributed by atoms with Crippen LogP contribution in [0.25, 0.3) is 0 Å². The zero-order valence-corrected chi connectivity index (χ0v) is 8.10. The standard InChI is InChI=1S/C10H8F3NO2/c11-10(12,13)16-7-3-1-6-2-4-9(15)14-8(6)5-7/h1,3,5H,2,4H2,(H,14,15). The summed E-state index contributed by atoms with van der Waals surface area (Å²) in [5, 5.41) is 2.50. The van der Waals surface area contributed by atoms with E-state index in [1.807, 2.05) is 0 Å². The second-order valence-corrected chi connectivity index (χ2v) is 3.41. The highest BCUT2D eigenvalue weighted by Gasteiger charge is 2.31. The Kier molecular flexibility index (Phi) is 2.49. The first-order valence-electron chi connectivity index (χ1n) is 4.62. The maximum atomic E-state index is 11.9. The summed E-state index contributed by atoms with van der Waals surface area (Å²) in [6.45, 7) is 0. The van der Waals surface area contributed by atoms with Gasteiger partial charge in [0.15, 0.2) is 0 Å². The first-order valence-corrected chi connectivity index (χ1v) is 4.62. The number of rotatable bonds is 1. The second kappa shape index (κ2) is 3.70. The van der Waals surface area contributed by atoms with E-state index in [9.17, 15) is 18.0 Å². The third-order valence-corrected chi connectivity index (χ3v) is 2.21. The van der Waals surface area contributed by atoms with Gasteiger partial charge in [0.1, 0.15) is 5.75 Å². The van der Waals surface area contributed by atoms with Crippen LogP contribution in [0.3, 0.4) is 0 Å². The van der Waals surface area contributed by atoms with Crippen molar-refractivity contribution >= 4 is 11.6 Å². The molecule has 1 heterocycles. The summed E-state index contributed by atoms with van der Waals surface area (Å²) in [5.74, 6) is -0.523. The van der Waals surface area contributed by atoms with Crippen LogP contribution >= 0.6 is 0 Å². The molecular weight excluding hydrogens is 223 g/mol. The molecule has 86 valence electrons. The van der Waals surface area contributed by atoms with Gasteiger partial charge in [-0.1, -0.05) is 6.07 Å². The zero-order chi connectivity index (χ0) is 11.8. The first kappa shape index (κ1) is 10.8. The van der Waals surface area contributed by atoms with Gasteiger partial charge in [-0.05, 0) is 18.1 Å². The van der Waals surface area contributed by atoms with Crippen molar-refractivity contribution < 1.29 is 22.7 Å². The van der Waals surface area contributed by atoms with Gasteiger partial charge in [0.2, 0.25) is 5.91 Å². The molecule has 1 N–H and O–H groups in total.